The van der Waals surface area contributed by atoms with Crippen molar-refractivity contribution in [3.05, 3.63) is 65.2 Å². The molecule has 1 heterocycles. The first kappa shape index (κ1) is 18.6. The number of carbonyl (C=O) groups is 1. The Hall–Kier alpha value is -2.18. The molecular formula is C20H24N2O3S. The molecule has 1 aliphatic heterocycles. The molecule has 1 N–H and O–H groups in total. The summed E-state index contributed by atoms with van der Waals surface area (Å²) in [4.78, 5) is 12.9. The van der Waals surface area contributed by atoms with Crippen LogP contribution >= 0.6 is 0 Å². The van der Waals surface area contributed by atoms with Crippen molar-refractivity contribution in [2.24, 2.45) is 0 Å². The van der Waals surface area contributed by atoms with Gasteiger partial charge in [0.2, 0.25) is 10.0 Å². The highest BCUT2D eigenvalue weighted by Gasteiger charge is 2.28. The van der Waals surface area contributed by atoms with E-state index in [-0.39, 0.29) is 16.8 Å². The van der Waals surface area contributed by atoms with Crippen LogP contribution in [0.4, 0.5) is 0 Å². The first-order chi connectivity index (χ1) is 12.4. The molecule has 3 rings (SSSR count). The number of nitrogens with zero attached hydrogens (tertiary/aromatic N) is 1. The van der Waals surface area contributed by atoms with Gasteiger partial charge in [0.05, 0.1) is 10.9 Å². The number of carbonyl (C=O) groups excluding carboxylic acids is 1. The minimum absolute atomic E-state index is 0.165. The van der Waals surface area contributed by atoms with Crippen LogP contribution in [0.5, 0.6) is 0 Å². The average Bonchev–Trinajstić information content (AvgIpc) is 3.18. The maximum Gasteiger partial charge on any atom is 0.252 e. The highest BCUT2D eigenvalue weighted by atomic mass is 32.2. The standard InChI is InChI=1S/C20H24N2O3S/c1-15-10-11-18(26(24,25)22-12-6-7-13-22)14-19(15)20(23)21-16(2)17-8-4-3-5-9-17/h3-5,8-11,14,16H,6-7,12-13H2,1-2H3,(H,21,23)/t16-/m0/s1. The number of hydrogen-bond donors (Lipinski definition) is 1. The molecule has 0 unspecified atom stereocenters. The van der Waals surface area contributed by atoms with Gasteiger partial charge in [-0.3, -0.25) is 4.79 Å². The van der Waals surface area contributed by atoms with Gasteiger partial charge >= 0.3 is 0 Å². The van der Waals surface area contributed by atoms with Gasteiger partial charge in [0.15, 0.2) is 0 Å². The predicted molar refractivity (Wildman–Crippen MR) is 101 cm³/mol. The van der Waals surface area contributed by atoms with E-state index in [4.69, 9.17) is 0 Å². The van der Waals surface area contributed by atoms with Gasteiger partial charge in [0, 0.05) is 18.7 Å². The van der Waals surface area contributed by atoms with Crippen LogP contribution in [-0.4, -0.2) is 31.7 Å². The van der Waals surface area contributed by atoms with Crippen LogP contribution in [0.25, 0.3) is 0 Å². The largest absolute Gasteiger partial charge is 0.346 e. The minimum atomic E-state index is -3.54. The molecule has 0 aromatic heterocycles. The number of sulfonamides is 1. The maximum atomic E-state index is 12.8. The molecule has 1 amide bonds. The zero-order chi connectivity index (χ0) is 18.7. The number of rotatable bonds is 5. The first-order valence-corrected chi connectivity index (χ1v) is 10.3. The van der Waals surface area contributed by atoms with E-state index in [1.807, 2.05) is 44.2 Å². The second kappa shape index (κ2) is 7.60. The molecule has 0 aliphatic carbocycles. The fraction of sp³-hybridized carbons (Fsp3) is 0.350. The van der Waals surface area contributed by atoms with Crippen LogP contribution in [0.15, 0.2) is 53.4 Å². The molecule has 2 aromatic rings. The van der Waals surface area contributed by atoms with E-state index in [0.717, 1.165) is 24.0 Å². The molecule has 1 saturated heterocycles. The Bertz CT molecular complexity index is 889. The number of benzene rings is 2. The molecule has 2 aromatic carbocycles. The van der Waals surface area contributed by atoms with E-state index in [1.54, 1.807) is 12.1 Å². The highest BCUT2D eigenvalue weighted by Crippen LogP contribution is 2.23. The van der Waals surface area contributed by atoms with Gasteiger partial charge in [0.1, 0.15) is 0 Å². The van der Waals surface area contributed by atoms with Crippen molar-refractivity contribution in [2.45, 2.75) is 37.6 Å². The van der Waals surface area contributed by atoms with Gasteiger partial charge in [-0.1, -0.05) is 36.4 Å². The van der Waals surface area contributed by atoms with Crippen molar-refractivity contribution < 1.29 is 13.2 Å². The Morgan fingerprint density at radius 3 is 2.38 bits per heavy atom. The van der Waals surface area contributed by atoms with E-state index in [2.05, 4.69) is 5.32 Å². The summed E-state index contributed by atoms with van der Waals surface area (Å²) in [6, 6.07) is 14.3. The van der Waals surface area contributed by atoms with Gasteiger partial charge < -0.3 is 5.32 Å². The van der Waals surface area contributed by atoms with Crippen LogP contribution in [-0.2, 0) is 10.0 Å². The number of hydrogen-bond acceptors (Lipinski definition) is 3. The molecule has 5 nitrogen and oxygen atoms in total. The summed E-state index contributed by atoms with van der Waals surface area (Å²) < 4.78 is 27.0. The fourth-order valence-electron chi connectivity index (χ4n) is 3.18. The maximum absolute atomic E-state index is 12.8. The van der Waals surface area contributed by atoms with E-state index in [9.17, 15) is 13.2 Å². The fourth-order valence-corrected chi connectivity index (χ4v) is 4.73. The summed E-state index contributed by atoms with van der Waals surface area (Å²) >= 11 is 0. The number of nitrogens with one attached hydrogen (secondary N) is 1. The monoisotopic (exact) mass is 372 g/mol. The third-order valence-electron chi connectivity index (χ3n) is 4.80. The summed E-state index contributed by atoms with van der Waals surface area (Å²) in [6.45, 7) is 4.81. The molecule has 1 aliphatic rings. The summed E-state index contributed by atoms with van der Waals surface area (Å²) in [5.41, 5.74) is 2.15. The Morgan fingerprint density at radius 2 is 1.73 bits per heavy atom. The summed E-state index contributed by atoms with van der Waals surface area (Å²) in [5.74, 6) is -0.266. The van der Waals surface area contributed by atoms with E-state index < -0.39 is 10.0 Å². The van der Waals surface area contributed by atoms with Gasteiger partial charge in [-0.15, -0.1) is 0 Å². The lowest BCUT2D eigenvalue weighted by molar-refractivity contribution is 0.0939. The van der Waals surface area contributed by atoms with E-state index >= 15 is 0 Å². The SMILES string of the molecule is Cc1ccc(S(=O)(=O)N2CCCC2)cc1C(=O)N[C@@H](C)c1ccccc1. The normalized spacial score (nSPS) is 16.4. The quantitative estimate of drug-likeness (QED) is 0.876. The van der Waals surface area contributed by atoms with Crippen molar-refractivity contribution in [2.75, 3.05) is 13.1 Å². The van der Waals surface area contributed by atoms with Gasteiger partial charge in [-0.05, 0) is 49.9 Å². The molecule has 1 fully saturated rings. The lowest BCUT2D eigenvalue weighted by Crippen LogP contribution is -2.29. The minimum Gasteiger partial charge on any atom is -0.346 e. The Morgan fingerprint density at radius 1 is 1.08 bits per heavy atom. The van der Waals surface area contributed by atoms with Gasteiger partial charge in [-0.2, -0.15) is 4.31 Å². The highest BCUT2D eigenvalue weighted by molar-refractivity contribution is 7.89. The lowest BCUT2D eigenvalue weighted by atomic mass is 10.1. The Kier molecular flexibility index (Phi) is 5.44. The third kappa shape index (κ3) is 3.81. The zero-order valence-electron chi connectivity index (χ0n) is 15.1. The van der Waals surface area contributed by atoms with Crippen molar-refractivity contribution in [3.63, 3.8) is 0 Å². The molecule has 0 bridgehead atoms. The topological polar surface area (TPSA) is 66.5 Å². The second-order valence-electron chi connectivity index (χ2n) is 6.69. The van der Waals surface area contributed by atoms with Crippen molar-refractivity contribution in [3.8, 4) is 0 Å². The summed E-state index contributed by atoms with van der Waals surface area (Å²) in [7, 11) is -3.54. The molecule has 138 valence electrons. The van der Waals surface area contributed by atoms with Crippen molar-refractivity contribution in [1.82, 2.24) is 9.62 Å². The molecule has 6 heteroatoms. The Balaban J connectivity index is 1.84. The van der Waals surface area contributed by atoms with Crippen LogP contribution < -0.4 is 5.32 Å². The van der Waals surface area contributed by atoms with E-state index in [0.29, 0.717) is 18.7 Å². The molecule has 1 atom stereocenters. The molecule has 26 heavy (non-hydrogen) atoms. The zero-order valence-corrected chi connectivity index (χ0v) is 15.9. The molecule has 0 saturated carbocycles. The van der Waals surface area contributed by atoms with Crippen LogP contribution in [0.1, 0.15) is 47.3 Å². The van der Waals surface area contributed by atoms with Crippen LogP contribution in [0, 0.1) is 6.92 Å². The van der Waals surface area contributed by atoms with Gasteiger partial charge in [-0.25, -0.2) is 8.42 Å². The number of amides is 1. The Labute approximate surface area is 155 Å². The van der Waals surface area contributed by atoms with Crippen molar-refractivity contribution >= 4 is 15.9 Å². The van der Waals surface area contributed by atoms with E-state index in [1.165, 1.54) is 10.4 Å². The van der Waals surface area contributed by atoms with Crippen LogP contribution in [0.3, 0.4) is 0 Å². The smallest absolute Gasteiger partial charge is 0.252 e. The van der Waals surface area contributed by atoms with Crippen LogP contribution in [0.2, 0.25) is 0 Å². The van der Waals surface area contributed by atoms with Gasteiger partial charge in [0.25, 0.3) is 5.91 Å². The third-order valence-corrected chi connectivity index (χ3v) is 6.70. The first-order valence-electron chi connectivity index (χ1n) is 8.86. The molecular weight excluding hydrogens is 348 g/mol. The molecule has 0 spiro atoms. The second-order valence-corrected chi connectivity index (χ2v) is 8.63. The average molecular weight is 372 g/mol. The summed E-state index contributed by atoms with van der Waals surface area (Å²) in [6.07, 6.45) is 1.76. The molecule has 0 radical (unpaired) electrons. The summed E-state index contributed by atoms with van der Waals surface area (Å²) in [5, 5.41) is 2.95. The predicted octanol–water partition coefficient (Wildman–Crippen LogP) is 3.27. The van der Waals surface area contributed by atoms with Crippen molar-refractivity contribution in [1.29, 1.82) is 0 Å². The number of aryl methyl sites for hydroxylation is 1. The lowest BCUT2D eigenvalue weighted by Gasteiger charge is -2.18.